The number of anilines is 2. The van der Waals surface area contributed by atoms with Gasteiger partial charge in [-0.15, -0.1) is 10.2 Å². The maximum absolute atomic E-state index is 14.5. The highest BCUT2D eigenvalue weighted by Crippen LogP contribution is 2.43. The van der Waals surface area contributed by atoms with Crippen LogP contribution in [0.2, 0.25) is 0 Å². The van der Waals surface area contributed by atoms with Crippen LogP contribution in [0.1, 0.15) is 42.8 Å². The third-order valence-corrected chi connectivity index (χ3v) is 6.35. The first kappa shape index (κ1) is 23.8. The lowest BCUT2D eigenvalue weighted by Gasteiger charge is -2.37. The number of rotatable bonds is 7. The molecule has 0 unspecified atom stereocenters. The molecule has 0 spiro atoms. The zero-order valence-electron chi connectivity index (χ0n) is 18.9. The molecule has 1 saturated carbocycles. The molecule has 12 heteroatoms. The molecule has 5 rings (SSSR count). The van der Waals surface area contributed by atoms with Gasteiger partial charge in [-0.25, -0.2) is 9.37 Å². The molecule has 1 fully saturated rings. The van der Waals surface area contributed by atoms with Crippen molar-refractivity contribution in [1.82, 2.24) is 25.4 Å². The summed E-state index contributed by atoms with van der Waals surface area (Å²) in [6.45, 7) is 0. The number of halogens is 4. The van der Waals surface area contributed by atoms with Crippen molar-refractivity contribution in [2.45, 2.75) is 49.8 Å². The van der Waals surface area contributed by atoms with Crippen LogP contribution in [0.25, 0.3) is 0 Å². The molecule has 0 amide bonds. The molecule has 3 aromatic heterocycles. The quantitative estimate of drug-likeness (QED) is 0.318. The second-order valence-corrected chi connectivity index (χ2v) is 8.73. The molecule has 0 atom stereocenters. The van der Waals surface area contributed by atoms with Crippen molar-refractivity contribution in [3.63, 3.8) is 0 Å². The number of benzene rings is 1. The Balaban J connectivity index is 1.32. The highest BCUT2D eigenvalue weighted by molar-refractivity contribution is 5.50. The molecule has 4 aromatic rings. The van der Waals surface area contributed by atoms with E-state index in [1.807, 2.05) is 18.2 Å². The number of aromatic amines is 1. The normalized spacial score (nSPS) is 20.3. The third kappa shape index (κ3) is 5.02. The van der Waals surface area contributed by atoms with Crippen molar-refractivity contribution in [3.8, 4) is 5.75 Å². The fourth-order valence-corrected chi connectivity index (χ4v) is 4.59. The van der Waals surface area contributed by atoms with Crippen LogP contribution in [0.4, 0.5) is 29.2 Å². The second kappa shape index (κ2) is 9.59. The van der Waals surface area contributed by atoms with Gasteiger partial charge in [0.25, 0.3) is 0 Å². The Morgan fingerprint density at radius 2 is 1.89 bits per heavy atom. The Bertz CT molecular complexity index is 1290. The van der Waals surface area contributed by atoms with E-state index >= 15 is 0 Å². The summed E-state index contributed by atoms with van der Waals surface area (Å²) in [5.74, 6) is -0.0928. The monoisotopic (exact) mass is 502 g/mol. The number of alkyl halides is 3. The highest BCUT2D eigenvalue weighted by atomic mass is 19.4. The summed E-state index contributed by atoms with van der Waals surface area (Å²) < 4.78 is 64.9. The van der Waals surface area contributed by atoms with E-state index in [9.17, 15) is 17.6 Å². The van der Waals surface area contributed by atoms with E-state index in [-0.39, 0.29) is 0 Å². The molecular weight excluding hydrogens is 480 g/mol. The molecule has 188 valence electrons. The molecule has 0 aliphatic heterocycles. The number of pyridine rings is 1. The maximum atomic E-state index is 14.5. The van der Waals surface area contributed by atoms with Gasteiger partial charge in [-0.1, -0.05) is 12.1 Å². The van der Waals surface area contributed by atoms with Crippen LogP contribution in [0, 0.1) is 5.82 Å². The van der Waals surface area contributed by atoms with Gasteiger partial charge in [0.1, 0.15) is 5.82 Å². The number of nitrogens with one attached hydrogen (secondary N) is 2. The number of hydrogen-bond acceptors (Lipinski definition) is 7. The lowest BCUT2D eigenvalue weighted by atomic mass is 9.70. The predicted molar refractivity (Wildman–Crippen MR) is 120 cm³/mol. The minimum Gasteiger partial charge on any atom is -0.487 e. The minimum absolute atomic E-state index is 0.404. The van der Waals surface area contributed by atoms with E-state index in [4.69, 9.17) is 9.15 Å². The molecule has 1 aromatic carbocycles. The van der Waals surface area contributed by atoms with E-state index in [0.29, 0.717) is 55.7 Å². The first-order chi connectivity index (χ1) is 17.3. The molecule has 36 heavy (non-hydrogen) atoms. The van der Waals surface area contributed by atoms with Gasteiger partial charge in [0.2, 0.25) is 12.3 Å². The van der Waals surface area contributed by atoms with E-state index in [1.54, 1.807) is 12.3 Å². The van der Waals surface area contributed by atoms with Crippen LogP contribution in [-0.2, 0) is 18.0 Å². The number of hydrogen-bond donors (Lipinski definition) is 2. The van der Waals surface area contributed by atoms with E-state index < -0.39 is 34.8 Å². The fraction of sp³-hybridized carbons (Fsp3) is 0.333. The van der Waals surface area contributed by atoms with Crippen molar-refractivity contribution in [3.05, 3.63) is 78.0 Å². The van der Waals surface area contributed by atoms with Crippen LogP contribution in [0.3, 0.4) is 0 Å². The van der Waals surface area contributed by atoms with E-state index in [2.05, 4.69) is 30.7 Å². The number of aromatic nitrogens is 5. The molecule has 1 aliphatic carbocycles. The van der Waals surface area contributed by atoms with Crippen LogP contribution >= 0.6 is 0 Å². The molecule has 2 N–H and O–H groups in total. The zero-order chi connectivity index (χ0) is 25.2. The average molecular weight is 502 g/mol. The summed E-state index contributed by atoms with van der Waals surface area (Å²) in [7, 11) is 0. The predicted octanol–water partition coefficient (Wildman–Crippen LogP) is 5.59. The van der Waals surface area contributed by atoms with Gasteiger partial charge in [-0.05, 0) is 49.9 Å². The standard InChI is InChI=1S/C24H22F4N6O2/c25-21-17(24(26,27)28)4-2-5-18(21)36-16-7-10-23(11-8-16,22-34-30-14-35-22)13-15-3-1-6-19(31-15)32-20-9-12-29-33-20/h1-6,9,12,14,16H,7-8,10-11,13H2,(H2,29,31,32,33)/t16-,23-. The van der Waals surface area contributed by atoms with Crippen LogP contribution in [0.5, 0.6) is 5.75 Å². The summed E-state index contributed by atoms with van der Waals surface area (Å²) in [5, 5.41) is 17.9. The van der Waals surface area contributed by atoms with Crippen molar-refractivity contribution in [2.75, 3.05) is 5.32 Å². The largest absolute Gasteiger partial charge is 0.487 e. The van der Waals surface area contributed by atoms with Crippen molar-refractivity contribution in [2.24, 2.45) is 0 Å². The summed E-state index contributed by atoms with van der Waals surface area (Å²) in [6, 6.07) is 10.4. The Morgan fingerprint density at radius 3 is 2.58 bits per heavy atom. The maximum Gasteiger partial charge on any atom is 0.419 e. The lowest BCUT2D eigenvalue weighted by Crippen LogP contribution is -2.38. The molecular formula is C24H22F4N6O2. The van der Waals surface area contributed by atoms with Crippen molar-refractivity contribution < 1.29 is 26.7 Å². The summed E-state index contributed by atoms with van der Waals surface area (Å²) >= 11 is 0. The molecule has 8 nitrogen and oxygen atoms in total. The average Bonchev–Trinajstić information content (AvgIpc) is 3.56. The SMILES string of the molecule is Fc1c(O[C@H]2CC[C@](Cc3cccc(Nc4cc[nH]n4)n3)(c3nnco3)CC2)cccc1C(F)(F)F. The summed E-state index contributed by atoms with van der Waals surface area (Å²) in [4.78, 5) is 4.69. The van der Waals surface area contributed by atoms with Gasteiger partial charge in [0, 0.05) is 24.4 Å². The molecule has 0 bridgehead atoms. The van der Waals surface area contributed by atoms with Gasteiger partial charge in [-0.2, -0.15) is 18.3 Å². The van der Waals surface area contributed by atoms with Crippen LogP contribution < -0.4 is 10.1 Å². The van der Waals surface area contributed by atoms with Gasteiger partial charge < -0.3 is 14.5 Å². The van der Waals surface area contributed by atoms with Gasteiger partial charge in [0.05, 0.1) is 17.1 Å². The van der Waals surface area contributed by atoms with Gasteiger partial charge in [0.15, 0.2) is 17.4 Å². The molecule has 1 aliphatic rings. The Hall–Kier alpha value is -3.96. The van der Waals surface area contributed by atoms with Gasteiger partial charge >= 0.3 is 6.18 Å². The van der Waals surface area contributed by atoms with E-state index in [0.717, 1.165) is 11.8 Å². The van der Waals surface area contributed by atoms with Crippen molar-refractivity contribution >= 4 is 11.6 Å². The number of ether oxygens (including phenoxy) is 1. The number of nitrogens with zero attached hydrogens (tertiary/aromatic N) is 4. The molecule has 0 radical (unpaired) electrons. The number of H-pyrrole nitrogens is 1. The topological polar surface area (TPSA) is 102 Å². The van der Waals surface area contributed by atoms with Crippen LogP contribution in [-0.4, -0.2) is 31.5 Å². The summed E-state index contributed by atoms with van der Waals surface area (Å²) in [6.07, 6.45) is 0.209. The smallest absolute Gasteiger partial charge is 0.419 e. The van der Waals surface area contributed by atoms with Crippen LogP contribution in [0.15, 0.2) is 59.5 Å². The summed E-state index contributed by atoms with van der Waals surface area (Å²) in [5.41, 5.74) is -1.09. The molecule has 0 saturated heterocycles. The third-order valence-electron chi connectivity index (χ3n) is 6.35. The van der Waals surface area contributed by atoms with Gasteiger partial charge in [-0.3, -0.25) is 5.10 Å². The Kier molecular flexibility index (Phi) is 6.33. The highest BCUT2D eigenvalue weighted by Gasteiger charge is 2.42. The first-order valence-corrected chi connectivity index (χ1v) is 11.3. The Labute approximate surface area is 203 Å². The van der Waals surface area contributed by atoms with E-state index in [1.165, 1.54) is 12.5 Å². The minimum atomic E-state index is -4.79. The Morgan fingerprint density at radius 1 is 1.08 bits per heavy atom. The molecule has 3 heterocycles. The lowest BCUT2D eigenvalue weighted by molar-refractivity contribution is -0.140. The van der Waals surface area contributed by atoms with Crippen molar-refractivity contribution in [1.29, 1.82) is 0 Å². The second-order valence-electron chi connectivity index (χ2n) is 8.73. The first-order valence-electron chi connectivity index (χ1n) is 11.3. The zero-order valence-corrected chi connectivity index (χ0v) is 18.9. The fourth-order valence-electron chi connectivity index (χ4n) is 4.59.